The van der Waals surface area contributed by atoms with Crippen LogP contribution in [0.2, 0.25) is 0 Å². The van der Waals surface area contributed by atoms with E-state index in [9.17, 15) is 0 Å². The summed E-state index contributed by atoms with van der Waals surface area (Å²) in [6, 6.07) is 0.748. The van der Waals surface area contributed by atoms with Gasteiger partial charge in [-0.2, -0.15) is 0 Å². The van der Waals surface area contributed by atoms with Gasteiger partial charge in [0, 0.05) is 19.3 Å². The molecule has 1 fully saturated rings. The van der Waals surface area contributed by atoms with Crippen LogP contribution in [0.15, 0.2) is 0 Å². The van der Waals surface area contributed by atoms with E-state index >= 15 is 0 Å². The Balaban J connectivity index is 2.26. The molecule has 1 N–H and O–H groups in total. The van der Waals surface area contributed by atoms with Crippen LogP contribution in [0.4, 0.5) is 0 Å². The summed E-state index contributed by atoms with van der Waals surface area (Å²) in [5.74, 6) is 0.847. The van der Waals surface area contributed by atoms with Gasteiger partial charge in [-0.25, -0.2) is 0 Å². The lowest BCUT2D eigenvalue weighted by molar-refractivity contribution is 0.112. The molecule has 0 heterocycles. The molecule has 0 spiro atoms. The molecule has 0 saturated heterocycles. The quantitative estimate of drug-likeness (QED) is 0.532. The van der Waals surface area contributed by atoms with Crippen molar-refractivity contribution in [2.75, 3.05) is 19.8 Å². The fourth-order valence-electron chi connectivity index (χ4n) is 2.74. The fourth-order valence-corrected chi connectivity index (χ4v) is 2.74. The summed E-state index contributed by atoms with van der Waals surface area (Å²) < 4.78 is 5.63. The Morgan fingerprint density at radius 2 is 1.88 bits per heavy atom. The van der Waals surface area contributed by atoms with E-state index in [4.69, 9.17) is 4.74 Å². The molecule has 96 valence electrons. The van der Waals surface area contributed by atoms with Crippen molar-refractivity contribution >= 4 is 0 Å². The van der Waals surface area contributed by atoms with Crippen LogP contribution in [-0.4, -0.2) is 25.8 Å². The third-order valence-electron chi connectivity index (χ3n) is 3.61. The van der Waals surface area contributed by atoms with Gasteiger partial charge in [-0.05, 0) is 38.1 Å². The van der Waals surface area contributed by atoms with Crippen molar-refractivity contribution in [2.45, 2.75) is 64.8 Å². The molecular weight excluding hydrogens is 198 g/mol. The second kappa shape index (κ2) is 9.00. The number of rotatable bonds is 7. The Hall–Kier alpha value is -0.0800. The molecule has 0 aromatic carbocycles. The summed E-state index contributed by atoms with van der Waals surface area (Å²) >= 11 is 0. The highest BCUT2D eigenvalue weighted by molar-refractivity contribution is 4.79. The van der Waals surface area contributed by atoms with Crippen LogP contribution in [0.1, 0.15) is 58.8 Å². The second-order valence-electron chi connectivity index (χ2n) is 4.96. The molecule has 1 aliphatic rings. The minimum absolute atomic E-state index is 0.748. The molecule has 0 aliphatic heterocycles. The molecule has 1 aliphatic carbocycles. The van der Waals surface area contributed by atoms with Gasteiger partial charge in [-0.15, -0.1) is 0 Å². The minimum atomic E-state index is 0.748. The van der Waals surface area contributed by atoms with Crippen LogP contribution >= 0.6 is 0 Å². The Morgan fingerprint density at radius 3 is 2.62 bits per heavy atom. The first-order valence-electron chi connectivity index (χ1n) is 7.19. The van der Waals surface area contributed by atoms with Crippen molar-refractivity contribution in [3.05, 3.63) is 0 Å². The molecule has 0 bridgehead atoms. The van der Waals surface area contributed by atoms with E-state index in [-0.39, 0.29) is 0 Å². The normalized spacial score (nSPS) is 26.6. The summed E-state index contributed by atoms with van der Waals surface area (Å²) in [7, 11) is 0. The van der Waals surface area contributed by atoms with Gasteiger partial charge in [0.2, 0.25) is 0 Å². The molecular formula is C14H29NO. The molecule has 0 amide bonds. The fraction of sp³-hybridized carbons (Fsp3) is 1.00. The highest BCUT2D eigenvalue weighted by Crippen LogP contribution is 2.26. The van der Waals surface area contributed by atoms with Crippen LogP contribution in [0, 0.1) is 5.92 Å². The molecule has 1 rings (SSSR count). The molecule has 2 atom stereocenters. The van der Waals surface area contributed by atoms with Crippen LogP contribution in [0.25, 0.3) is 0 Å². The van der Waals surface area contributed by atoms with E-state index in [2.05, 4.69) is 19.2 Å². The van der Waals surface area contributed by atoms with Crippen molar-refractivity contribution in [2.24, 2.45) is 5.92 Å². The first kappa shape index (κ1) is 14.0. The van der Waals surface area contributed by atoms with Crippen molar-refractivity contribution in [3.8, 4) is 0 Å². The van der Waals surface area contributed by atoms with Gasteiger partial charge in [-0.1, -0.05) is 33.1 Å². The molecule has 0 aromatic rings. The number of hydrogen-bond donors (Lipinski definition) is 1. The zero-order valence-corrected chi connectivity index (χ0v) is 11.1. The molecule has 2 nitrogen and oxygen atoms in total. The summed E-state index contributed by atoms with van der Waals surface area (Å²) in [5.41, 5.74) is 0. The lowest BCUT2D eigenvalue weighted by Crippen LogP contribution is -2.36. The lowest BCUT2D eigenvalue weighted by atomic mass is 9.92. The van der Waals surface area contributed by atoms with Crippen molar-refractivity contribution in [1.82, 2.24) is 5.32 Å². The van der Waals surface area contributed by atoms with Crippen molar-refractivity contribution in [3.63, 3.8) is 0 Å². The Bertz CT molecular complexity index is 161. The zero-order chi connectivity index (χ0) is 11.6. The van der Waals surface area contributed by atoms with Crippen molar-refractivity contribution < 1.29 is 4.74 Å². The van der Waals surface area contributed by atoms with Crippen LogP contribution < -0.4 is 5.32 Å². The van der Waals surface area contributed by atoms with Gasteiger partial charge in [0.15, 0.2) is 0 Å². The summed E-state index contributed by atoms with van der Waals surface area (Å²) in [6.07, 6.45) is 9.40. The van der Waals surface area contributed by atoms with Gasteiger partial charge >= 0.3 is 0 Å². The van der Waals surface area contributed by atoms with Gasteiger partial charge in [0.05, 0.1) is 0 Å². The van der Waals surface area contributed by atoms with E-state index in [1.54, 1.807) is 0 Å². The third kappa shape index (κ3) is 5.31. The first-order chi connectivity index (χ1) is 7.88. The monoisotopic (exact) mass is 227 g/mol. The van der Waals surface area contributed by atoms with E-state index in [0.29, 0.717) is 0 Å². The molecule has 1 saturated carbocycles. The molecule has 2 heteroatoms. The Labute approximate surface area is 101 Å². The van der Waals surface area contributed by atoms with Crippen molar-refractivity contribution in [1.29, 1.82) is 0 Å². The number of ether oxygens (including phenoxy) is 1. The number of hydrogen-bond acceptors (Lipinski definition) is 2. The Morgan fingerprint density at radius 1 is 1.06 bits per heavy atom. The zero-order valence-electron chi connectivity index (χ0n) is 11.1. The largest absolute Gasteiger partial charge is 0.381 e. The van der Waals surface area contributed by atoms with Crippen LogP contribution in [0.5, 0.6) is 0 Å². The maximum atomic E-state index is 5.63. The summed E-state index contributed by atoms with van der Waals surface area (Å²) in [5, 5.41) is 3.66. The van der Waals surface area contributed by atoms with Gasteiger partial charge in [-0.3, -0.25) is 0 Å². The van der Waals surface area contributed by atoms with E-state index < -0.39 is 0 Å². The van der Waals surface area contributed by atoms with Gasteiger partial charge < -0.3 is 10.1 Å². The maximum Gasteiger partial charge on any atom is 0.0469 e. The standard InChI is InChI=1S/C14H29NO/c1-3-11-16-12-10-13-8-6-5-7-9-14(13)15-4-2/h13-15H,3-12H2,1-2H3. The molecule has 2 unspecified atom stereocenters. The molecule has 0 aromatic heterocycles. The Kier molecular flexibility index (Phi) is 7.87. The average Bonchev–Trinajstić information content (AvgIpc) is 2.51. The smallest absolute Gasteiger partial charge is 0.0469 e. The SMILES string of the molecule is CCCOCCC1CCCCCC1NCC. The predicted octanol–water partition coefficient (Wildman–Crippen LogP) is 3.36. The summed E-state index contributed by atoms with van der Waals surface area (Å²) in [4.78, 5) is 0. The predicted molar refractivity (Wildman–Crippen MR) is 69.8 cm³/mol. The maximum absolute atomic E-state index is 5.63. The first-order valence-corrected chi connectivity index (χ1v) is 7.19. The van der Waals surface area contributed by atoms with Crippen LogP contribution in [-0.2, 0) is 4.74 Å². The topological polar surface area (TPSA) is 21.3 Å². The number of nitrogens with one attached hydrogen (secondary N) is 1. The third-order valence-corrected chi connectivity index (χ3v) is 3.61. The lowest BCUT2D eigenvalue weighted by Gasteiger charge is -2.25. The minimum Gasteiger partial charge on any atom is -0.381 e. The van der Waals surface area contributed by atoms with E-state index in [1.807, 2.05) is 0 Å². The van der Waals surface area contributed by atoms with Gasteiger partial charge in [0.1, 0.15) is 0 Å². The average molecular weight is 227 g/mol. The highest BCUT2D eigenvalue weighted by atomic mass is 16.5. The van der Waals surface area contributed by atoms with E-state index in [0.717, 1.165) is 38.1 Å². The summed E-state index contributed by atoms with van der Waals surface area (Å²) in [6.45, 7) is 7.39. The van der Waals surface area contributed by atoms with E-state index in [1.165, 1.54) is 38.5 Å². The van der Waals surface area contributed by atoms with Crippen LogP contribution in [0.3, 0.4) is 0 Å². The molecule has 0 radical (unpaired) electrons. The second-order valence-corrected chi connectivity index (χ2v) is 4.96. The van der Waals surface area contributed by atoms with Gasteiger partial charge in [0.25, 0.3) is 0 Å². The molecule has 16 heavy (non-hydrogen) atoms. The highest BCUT2D eigenvalue weighted by Gasteiger charge is 2.22.